The summed E-state index contributed by atoms with van der Waals surface area (Å²) in [7, 11) is 1.65. The lowest BCUT2D eigenvalue weighted by Crippen LogP contribution is -2.38. The first-order valence-corrected chi connectivity index (χ1v) is 5.29. The summed E-state index contributed by atoms with van der Waals surface area (Å²) in [5, 5.41) is 15.3. The van der Waals surface area contributed by atoms with Crippen LogP contribution in [0, 0.1) is 0 Å². The van der Waals surface area contributed by atoms with Gasteiger partial charge >= 0.3 is 6.03 Å². The van der Waals surface area contributed by atoms with E-state index in [0.717, 1.165) is 5.56 Å². The molecule has 1 aromatic rings. The molecule has 0 aliphatic rings. The molecule has 0 spiro atoms. The first-order valence-electron chi connectivity index (χ1n) is 4.35. The number of urea groups is 1. The Bertz CT molecular complexity index is 274. The van der Waals surface area contributed by atoms with Gasteiger partial charge < -0.3 is 15.3 Å². The number of hydrogen-bond donors (Lipinski definition) is 2. The third-order valence-electron chi connectivity index (χ3n) is 1.81. The fourth-order valence-corrected chi connectivity index (χ4v) is 1.63. The van der Waals surface area contributed by atoms with Crippen molar-refractivity contribution < 1.29 is 9.90 Å². The second-order valence-electron chi connectivity index (χ2n) is 2.94. The summed E-state index contributed by atoms with van der Waals surface area (Å²) in [6.07, 6.45) is 0. The van der Waals surface area contributed by atoms with E-state index in [2.05, 4.69) is 5.32 Å². The quantitative estimate of drug-likeness (QED) is 0.781. The van der Waals surface area contributed by atoms with E-state index < -0.39 is 0 Å². The number of carbonyl (C=O) groups is 1. The Hall–Kier alpha value is -1.07. The third kappa shape index (κ3) is 3.35. The van der Waals surface area contributed by atoms with Crippen LogP contribution in [-0.2, 0) is 6.54 Å². The van der Waals surface area contributed by atoms with Crippen LogP contribution in [-0.4, -0.2) is 36.2 Å². The highest BCUT2D eigenvalue weighted by Crippen LogP contribution is 2.04. The van der Waals surface area contributed by atoms with Crippen molar-refractivity contribution in [2.75, 3.05) is 20.2 Å². The lowest BCUT2D eigenvalue weighted by atomic mass is 10.3. The number of amides is 2. The van der Waals surface area contributed by atoms with Gasteiger partial charge in [0.05, 0.1) is 6.61 Å². The summed E-state index contributed by atoms with van der Waals surface area (Å²) in [6, 6.07) is 1.81. The Labute approximate surface area is 87.2 Å². The molecule has 0 atom stereocenters. The molecule has 0 aromatic carbocycles. The van der Waals surface area contributed by atoms with Gasteiger partial charge in [0.2, 0.25) is 0 Å². The maximum absolute atomic E-state index is 11.3. The zero-order valence-electron chi connectivity index (χ0n) is 8.06. The summed E-state index contributed by atoms with van der Waals surface area (Å²) in [6.45, 7) is 0.885. The third-order valence-corrected chi connectivity index (χ3v) is 2.54. The van der Waals surface area contributed by atoms with Gasteiger partial charge in [0.15, 0.2) is 0 Å². The van der Waals surface area contributed by atoms with Crippen LogP contribution in [0.1, 0.15) is 5.56 Å². The van der Waals surface area contributed by atoms with E-state index in [1.54, 1.807) is 18.4 Å². The molecular weight excluding hydrogens is 200 g/mol. The van der Waals surface area contributed by atoms with Crippen LogP contribution in [0.3, 0.4) is 0 Å². The van der Waals surface area contributed by atoms with Gasteiger partial charge in [0.1, 0.15) is 0 Å². The maximum Gasteiger partial charge on any atom is 0.317 e. The van der Waals surface area contributed by atoms with E-state index in [-0.39, 0.29) is 12.6 Å². The molecule has 4 nitrogen and oxygen atoms in total. The Balaban J connectivity index is 2.27. The zero-order chi connectivity index (χ0) is 10.4. The fourth-order valence-electron chi connectivity index (χ4n) is 0.957. The number of carbonyl (C=O) groups excluding carboxylic acids is 1. The van der Waals surface area contributed by atoms with Gasteiger partial charge in [-0.15, -0.1) is 0 Å². The number of aliphatic hydroxyl groups is 1. The van der Waals surface area contributed by atoms with Crippen LogP contribution in [0.25, 0.3) is 0 Å². The Morgan fingerprint density at radius 3 is 3.07 bits per heavy atom. The van der Waals surface area contributed by atoms with Crippen molar-refractivity contribution >= 4 is 17.4 Å². The van der Waals surface area contributed by atoms with Gasteiger partial charge in [-0.25, -0.2) is 4.79 Å². The molecule has 14 heavy (non-hydrogen) atoms. The number of likely N-dealkylation sites (N-methyl/N-ethyl adjacent to an activating group) is 1. The van der Waals surface area contributed by atoms with Crippen LogP contribution in [0.15, 0.2) is 16.8 Å². The standard InChI is InChI=1S/C9H14N2O2S/c1-11(3-4-12)9(13)10-6-8-2-5-14-7-8/h2,5,7,12H,3-4,6H2,1H3,(H,10,13). The molecule has 2 N–H and O–H groups in total. The van der Waals surface area contributed by atoms with E-state index >= 15 is 0 Å². The maximum atomic E-state index is 11.3. The second-order valence-corrected chi connectivity index (χ2v) is 3.72. The Morgan fingerprint density at radius 2 is 2.50 bits per heavy atom. The van der Waals surface area contributed by atoms with Crippen LogP contribution >= 0.6 is 11.3 Å². The smallest absolute Gasteiger partial charge is 0.317 e. The molecule has 0 aliphatic heterocycles. The molecule has 0 saturated heterocycles. The number of thiophene rings is 1. The average Bonchev–Trinajstić information content (AvgIpc) is 2.67. The number of aliphatic hydroxyl groups excluding tert-OH is 1. The molecule has 0 fully saturated rings. The van der Waals surface area contributed by atoms with Gasteiger partial charge in [-0.05, 0) is 22.4 Å². The van der Waals surface area contributed by atoms with Crippen molar-refractivity contribution in [1.29, 1.82) is 0 Å². The zero-order valence-corrected chi connectivity index (χ0v) is 8.88. The normalized spacial score (nSPS) is 9.86. The summed E-state index contributed by atoms with van der Waals surface area (Å²) in [5.74, 6) is 0. The minimum absolute atomic E-state index is 0.0115. The minimum Gasteiger partial charge on any atom is -0.395 e. The summed E-state index contributed by atoms with van der Waals surface area (Å²) in [4.78, 5) is 12.8. The van der Waals surface area contributed by atoms with Crippen LogP contribution in [0.4, 0.5) is 4.79 Å². The van der Waals surface area contributed by atoms with Gasteiger partial charge in [-0.3, -0.25) is 0 Å². The predicted molar refractivity (Wildman–Crippen MR) is 56.3 cm³/mol. The lowest BCUT2D eigenvalue weighted by Gasteiger charge is -2.16. The van der Waals surface area contributed by atoms with Gasteiger partial charge in [-0.1, -0.05) is 0 Å². The Morgan fingerprint density at radius 1 is 1.71 bits per heavy atom. The summed E-state index contributed by atoms with van der Waals surface area (Å²) in [5.41, 5.74) is 1.10. The highest BCUT2D eigenvalue weighted by atomic mass is 32.1. The molecule has 78 valence electrons. The van der Waals surface area contributed by atoms with Crippen molar-refractivity contribution in [3.05, 3.63) is 22.4 Å². The summed E-state index contributed by atoms with van der Waals surface area (Å²) < 4.78 is 0. The van der Waals surface area contributed by atoms with Crippen molar-refractivity contribution in [3.63, 3.8) is 0 Å². The van der Waals surface area contributed by atoms with E-state index in [1.165, 1.54) is 4.90 Å². The molecule has 0 aliphatic carbocycles. The molecule has 1 heterocycles. The lowest BCUT2D eigenvalue weighted by molar-refractivity contribution is 0.190. The predicted octanol–water partition coefficient (Wildman–Crippen LogP) is 0.882. The Kier molecular flexibility index (Phi) is 4.42. The van der Waals surface area contributed by atoms with Crippen LogP contribution in [0.5, 0.6) is 0 Å². The molecule has 1 aromatic heterocycles. The van der Waals surface area contributed by atoms with E-state index in [1.807, 2.05) is 16.8 Å². The van der Waals surface area contributed by atoms with Crippen molar-refractivity contribution in [1.82, 2.24) is 10.2 Å². The second kappa shape index (κ2) is 5.62. The van der Waals surface area contributed by atoms with Crippen molar-refractivity contribution in [2.24, 2.45) is 0 Å². The first-order chi connectivity index (χ1) is 6.74. The van der Waals surface area contributed by atoms with Crippen molar-refractivity contribution in [3.8, 4) is 0 Å². The number of rotatable bonds is 4. The highest BCUT2D eigenvalue weighted by molar-refractivity contribution is 7.07. The van der Waals surface area contributed by atoms with E-state index in [4.69, 9.17) is 5.11 Å². The monoisotopic (exact) mass is 214 g/mol. The number of hydrogen-bond acceptors (Lipinski definition) is 3. The summed E-state index contributed by atoms with van der Waals surface area (Å²) >= 11 is 1.61. The van der Waals surface area contributed by atoms with Gasteiger partial charge in [-0.2, -0.15) is 11.3 Å². The molecule has 0 unspecified atom stereocenters. The van der Waals surface area contributed by atoms with Crippen LogP contribution < -0.4 is 5.32 Å². The molecule has 5 heteroatoms. The molecule has 1 rings (SSSR count). The van der Waals surface area contributed by atoms with Gasteiger partial charge in [0, 0.05) is 20.1 Å². The van der Waals surface area contributed by atoms with Crippen LogP contribution in [0.2, 0.25) is 0 Å². The first kappa shape index (κ1) is 11.0. The molecule has 0 bridgehead atoms. The fraction of sp³-hybridized carbons (Fsp3) is 0.444. The highest BCUT2D eigenvalue weighted by Gasteiger charge is 2.06. The SMILES string of the molecule is CN(CCO)C(=O)NCc1ccsc1. The molecule has 0 radical (unpaired) electrons. The topological polar surface area (TPSA) is 52.6 Å². The average molecular weight is 214 g/mol. The molecule has 2 amide bonds. The molecular formula is C9H14N2O2S. The van der Waals surface area contributed by atoms with Crippen molar-refractivity contribution in [2.45, 2.75) is 6.54 Å². The number of nitrogens with zero attached hydrogens (tertiary/aromatic N) is 1. The van der Waals surface area contributed by atoms with E-state index in [0.29, 0.717) is 13.1 Å². The minimum atomic E-state index is -0.162. The largest absolute Gasteiger partial charge is 0.395 e. The van der Waals surface area contributed by atoms with E-state index in [9.17, 15) is 4.79 Å². The molecule has 0 saturated carbocycles. The number of nitrogens with one attached hydrogen (secondary N) is 1. The van der Waals surface area contributed by atoms with Gasteiger partial charge in [0.25, 0.3) is 0 Å².